The Kier molecular flexibility index (Phi) is 2.36. The summed E-state index contributed by atoms with van der Waals surface area (Å²) in [6.45, 7) is 0. The van der Waals surface area contributed by atoms with E-state index < -0.39 is 23.7 Å². The van der Waals surface area contributed by atoms with Gasteiger partial charge in [-0.05, 0) is 0 Å². The van der Waals surface area contributed by atoms with Crippen molar-refractivity contribution in [1.29, 1.82) is 0 Å². The lowest BCUT2D eigenvalue weighted by Crippen LogP contribution is -2.40. The van der Waals surface area contributed by atoms with E-state index in [9.17, 15) is 14.4 Å². The van der Waals surface area contributed by atoms with E-state index >= 15 is 0 Å². The van der Waals surface area contributed by atoms with E-state index in [1.54, 1.807) is 0 Å². The SMILES string of the molecule is NC(=O)C(C(N)=O)C(=O)O. The second-order valence-electron chi connectivity index (χ2n) is 1.58. The summed E-state index contributed by atoms with van der Waals surface area (Å²) in [5.74, 6) is -6.04. The van der Waals surface area contributed by atoms with Gasteiger partial charge in [0, 0.05) is 0 Å². The summed E-state index contributed by atoms with van der Waals surface area (Å²) in [6.07, 6.45) is 0. The van der Waals surface area contributed by atoms with Gasteiger partial charge < -0.3 is 16.6 Å². The molecule has 0 saturated carbocycles. The van der Waals surface area contributed by atoms with E-state index in [1.807, 2.05) is 0 Å². The number of aliphatic carboxylic acids is 1. The molecule has 0 fully saturated rings. The Hall–Kier alpha value is -1.59. The number of primary amides is 2. The molecule has 0 bridgehead atoms. The van der Waals surface area contributed by atoms with Crippen molar-refractivity contribution in [2.75, 3.05) is 0 Å². The third-order valence-corrected chi connectivity index (χ3v) is 0.816. The molecule has 0 spiro atoms. The first-order valence-electron chi connectivity index (χ1n) is 2.28. The van der Waals surface area contributed by atoms with E-state index in [1.165, 1.54) is 0 Å². The summed E-state index contributed by atoms with van der Waals surface area (Å²) in [6, 6.07) is 0. The number of hydrogen-bond donors (Lipinski definition) is 3. The highest BCUT2D eigenvalue weighted by atomic mass is 16.4. The number of carboxylic acids is 1. The van der Waals surface area contributed by atoms with Crippen molar-refractivity contribution in [3.05, 3.63) is 0 Å². The Morgan fingerprint density at radius 2 is 1.40 bits per heavy atom. The van der Waals surface area contributed by atoms with Crippen LogP contribution in [0.3, 0.4) is 0 Å². The maximum absolute atomic E-state index is 10.1. The van der Waals surface area contributed by atoms with Crippen LogP contribution in [0.25, 0.3) is 0 Å². The summed E-state index contributed by atoms with van der Waals surface area (Å²) >= 11 is 0. The van der Waals surface area contributed by atoms with E-state index in [4.69, 9.17) is 5.11 Å². The Bertz CT molecular complexity index is 154. The largest absolute Gasteiger partial charge is 0.480 e. The fraction of sp³-hybridized carbons (Fsp3) is 0.250. The van der Waals surface area contributed by atoms with Crippen LogP contribution in [-0.4, -0.2) is 22.9 Å². The first-order valence-corrected chi connectivity index (χ1v) is 2.28. The van der Waals surface area contributed by atoms with Gasteiger partial charge in [-0.25, -0.2) is 0 Å². The molecule has 5 N–H and O–H groups in total. The fourth-order valence-electron chi connectivity index (χ4n) is 0.384. The van der Waals surface area contributed by atoms with Crippen LogP contribution in [-0.2, 0) is 14.4 Å². The van der Waals surface area contributed by atoms with E-state index in [0.29, 0.717) is 0 Å². The number of carboxylic acid groups (broad SMARTS) is 1. The highest BCUT2D eigenvalue weighted by molar-refractivity contribution is 6.14. The van der Waals surface area contributed by atoms with Gasteiger partial charge in [-0.3, -0.25) is 14.4 Å². The van der Waals surface area contributed by atoms with Crippen LogP contribution in [0, 0.1) is 5.92 Å². The zero-order chi connectivity index (χ0) is 8.31. The minimum Gasteiger partial charge on any atom is -0.480 e. The molecule has 0 heterocycles. The monoisotopic (exact) mass is 146 g/mol. The molecule has 0 radical (unpaired) electrons. The summed E-state index contributed by atoms with van der Waals surface area (Å²) in [4.78, 5) is 30.2. The molecule has 0 aromatic rings. The molecule has 0 aromatic heterocycles. The summed E-state index contributed by atoms with van der Waals surface area (Å²) in [7, 11) is 0. The molecule has 56 valence electrons. The first kappa shape index (κ1) is 8.41. The van der Waals surface area contributed by atoms with Gasteiger partial charge in [0.2, 0.25) is 17.7 Å². The van der Waals surface area contributed by atoms with Crippen molar-refractivity contribution < 1.29 is 19.5 Å². The molecule has 6 nitrogen and oxygen atoms in total. The average Bonchev–Trinajstić information content (AvgIpc) is 1.59. The van der Waals surface area contributed by atoms with Crippen LogP contribution >= 0.6 is 0 Å². The average molecular weight is 146 g/mol. The molecule has 0 rings (SSSR count). The molecule has 6 heteroatoms. The van der Waals surface area contributed by atoms with Crippen molar-refractivity contribution in [2.24, 2.45) is 17.4 Å². The maximum atomic E-state index is 10.1. The van der Waals surface area contributed by atoms with Crippen molar-refractivity contribution in [2.45, 2.75) is 0 Å². The standard InChI is InChI=1S/C4H6N2O4/c5-2(7)1(3(6)8)4(9)10/h1H,(H2,5,7)(H2,6,8)(H,9,10). The van der Waals surface area contributed by atoms with Gasteiger partial charge in [-0.1, -0.05) is 0 Å². The van der Waals surface area contributed by atoms with Gasteiger partial charge in [-0.2, -0.15) is 0 Å². The van der Waals surface area contributed by atoms with E-state index in [0.717, 1.165) is 0 Å². The molecule has 0 aliphatic carbocycles. The van der Waals surface area contributed by atoms with Gasteiger partial charge in [0.25, 0.3) is 0 Å². The topological polar surface area (TPSA) is 123 Å². The van der Waals surface area contributed by atoms with Gasteiger partial charge in [0.05, 0.1) is 0 Å². The first-order chi connectivity index (χ1) is 4.46. The third-order valence-electron chi connectivity index (χ3n) is 0.816. The van der Waals surface area contributed by atoms with Crippen molar-refractivity contribution in [3.8, 4) is 0 Å². The van der Waals surface area contributed by atoms with Crippen LogP contribution < -0.4 is 11.5 Å². The highest BCUT2D eigenvalue weighted by Crippen LogP contribution is 1.92. The van der Waals surface area contributed by atoms with Crippen LogP contribution in [0.5, 0.6) is 0 Å². The minimum absolute atomic E-state index is 1.25. The lowest BCUT2D eigenvalue weighted by atomic mass is 10.1. The highest BCUT2D eigenvalue weighted by Gasteiger charge is 2.29. The lowest BCUT2D eigenvalue weighted by Gasteiger charge is -2.00. The normalized spacial score (nSPS) is 9.30. The van der Waals surface area contributed by atoms with Gasteiger partial charge in [-0.15, -0.1) is 0 Å². The predicted octanol–water partition coefficient (Wildman–Crippen LogP) is -2.34. The van der Waals surface area contributed by atoms with E-state index in [2.05, 4.69) is 11.5 Å². The quantitative estimate of drug-likeness (QED) is 0.386. The Labute approximate surface area is 55.8 Å². The molecule has 0 aliphatic rings. The zero-order valence-corrected chi connectivity index (χ0v) is 4.90. The molecule has 0 saturated heterocycles. The summed E-state index contributed by atoms with van der Waals surface area (Å²) in [5, 5.41) is 8.11. The Morgan fingerprint density at radius 1 is 1.10 bits per heavy atom. The minimum atomic E-state index is -1.92. The second-order valence-corrected chi connectivity index (χ2v) is 1.58. The predicted molar refractivity (Wildman–Crippen MR) is 29.5 cm³/mol. The maximum Gasteiger partial charge on any atom is 0.325 e. The second kappa shape index (κ2) is 2.81. The van der Waals surface area contributed by atoms with Crippen molar-refractivity contribution in [1.82, 2.24) is 0 Å². The molecule has 0 unspecified atom stereocenters. The van der Waals surface area contributed by atoms with Crippen molar-refractivity contribution >= 4 is 17.8 Å². The zero-order valence-electron chi connectivity index (χ0n) is 4.90. The number of hydrogen-bond acceptors (Lipinski definition) is 3. The number of carbonyl (C=O) groups is 3. The molecule has 0 aromatic carbocycles. The molecule has 2 amide bonds. The van der Waals surface area contributed by atoms with Crippen molar-refractivity contribution in [3.63, 3.8) is 0 Å². The summed E-state index contributed by atoms with van der Waals surface area (Å²) < 4.78 is 0. The molecular weight excluding hydrogens is 140 g/mol. The Morgan fingerprint density at radius 3 is 1.40 bits per heavy atom. The molecule has 0 atom stereocenters. The Balaban J connectivity index is 4.43. The van der Waals surface area contributed by atoms with Gasteiger partial charge >= 0.3 is 5.97 Å². The number of carbonyl (C=O) groups excluding carboxylic acids is 2. The fourth-order valence-corrected chi connectivity index (χ4v) is 0.384. The lowest BCUT2D eigenvalue weighted by molar-refractivity contribution is -0.149. The number of rotatable bonds is 3. The molecular formula is C4H6N2O4. The smallest absolute Gasteiger partial charge is 0.325 e. The number of nitrogens with two attached hydrogens (primary N) is 2. The molecule has 0 aliphatic heterocycles. The molecule has 10 heavy (non-hydrogen) atoms. The summed E-state index contributed by atoms with van der Waals surface area (Å²) in [5.41, 5.74) is 9.04. The van der Waals surface area contributed by atoms with Gasteiger partial charge in [0.15, 0.2) is 0 Å². The van der Waals surface area contributed by atoms with Crippen LogP contribution in [0.1, 0.15) is 0 Å². The van der Waals surface area contributed by atoms with E-state index in [-0.39, 0.29) is 0 Å². The number of amides is 2. The van der Waals surface area contributed by atoms with Crippen LogP contribution in [0.15, 0.2) is 0 Å². The third kappa shape index (κ3) is 1.73. The van der Waals surface area contributed by atoms with Gasteiger partial charge in [0.1, 0.15) is 0 Å². The van der Waals surface area contributed by atoms with Crippen LogP contribution in [0.2, 0.25) is 0 Å². The van der Waals surface area contributed by atoms with Crippen LogP contribution in [0.4, 0.5) is 0 Å².